The lowest BCUT2D eigenvalue weighted by molar-refractivity contribution is 0.344. The van der Waals surface area contributed by atoms with Crippen LogP contribution in [0.3, 0.4) is 0 Å². The van der Waals surface area contributed by atoms with Gasteiger partial charge in [-0.1, -0.05) is 26.0 Å². The second-order valence-electron chi connectivity index (χ2n) is 5.66. The van der Waals surface area contributed by atoms with E-state index in [1.54, 1.807) is 25.3 Å². The van der Waals surface area contributed by atoms with Crippen molar-refractivity contribution in [1.29, 1.82) is 0 Å². The van der Waals surface area contributed by atoms with Crippen LogP contribution in [0.2, 0.25) is 0 Å². The molecule has 0 unspecified atom stereocenters. The highest BCUT2D eigenvalue weighted by atomic mass is 32.2. The zero-order valence-electron chi connectivity index (χ0n) is 12.9. The number of sulfonamides is 1. The molecule has 1 aromatic rings. The topological polar surface area (TPSA) is 58.6 Å². The summed E-state index contributed by atoms with van der Waals surface area (Å²) in [5, 5.41) is 0. The zero-order valence-corrected chi connectivity index (χ0v) is 13.7. The maximum Gasteiger partial charge on any atom is 0.216 e. The highest BCUT2D eigenvalue weighted by Crippen LogP contribution is 2.19. The van der Waals surface area contributed by atoms with E-state index in [9.17, 15) is 8.42 Å². The van der Waals surface area contributed by atoms with Crippen LogP contribution < -0.4 is 9.46 Å². The van der Waals surface area contributed by atoms with Crippen molar-refractivity contribution in [1.82, 2.24) is 9.62 Å². The van der Waals surface area contributed by atoms with E-state index in [4.69, 9.17) is 4.74 Å². The Bertz CT molecular complexity index is 574. The Morgan fingerprint density at radius 3 is 2.76 bits per heavy atom. The van der Waals surface area contributed by atoms with Crippen LogP contribution in [0.25, 0.3) is 0 Å². The SMILES string of the molecule is CCN1C[C@H](C)[C@H](NS(=O)(=O)Cc2cccc(OC)c2)C1. The van der Waals surface area contributed by atoms with E-state index in [0.29, 0.717) is 11.7 Å². The Morgan fingerprint density at radius 2 is 2.14 bits per heavy atom. The minimum Gasteiger partial charge on any atom is -0.497 e. The summed E-state index contributed by atoms with van der Waals surface area (Å²) < 4.78 is 32.6. The number of hydrogen-bond donors (Lipinski definition) is 1. The van der Waals surface area contributed by atoms with Gasteiger partial charge in [-0.05, 0) is 30.2 Å². The van der Waals surface area contributed by atoms with Gasteiger partial charge in [0.05, 0.1) is 12.9 Å². The van der Waals surface area contributed by atoms with E-state index >= 15 is 0 Å². The number of hydrogen-bond acceptors (Lipinski definition) is 4. The number of nitrogens with one attached hydrogen (secondary N) is 1. The van der Waals surface area contributed by atoms with Gasteiger partial charge >= 0.3 is 0 Å². The van der Waals surface area contributed by atoms with Crippen LogP contribution in [-0.4, -0.2) is 46.1 Å². The molecule has 5 nitrogen and oxygen atoms in total. The van der Waals surface area contributed by atoms with E-state index < -0.39 is 10.0 Å². The van der Waals surface area contributed by atoms with Crippen LogP contribution >= 0.6 is 0 Å². The van der Waals surface area contributed by atoms with Gasteiger partial charge in [-0.15, -0.1) is 0 Å². The first-order valence-corrected chi connectivity index (χ1v) is 8.94. The van der Waals surface area contributed by atoms with Gasteiger partial charge in [0.1, 0.15) is 5.75 Å². The third kappa shape index (κ3) is 4.43. The van der Waals surface area contributed by atoms with Crippen LogP contribution in [0.4, 0.5) is 0 Å². The Labute approximate surface area is 127 Å². The monoisotopic (exact) mass is 312 g/mol. The fourth-order valence-corrected chi connectivity index (χ4v) is 4.20. The van der Waals surface area contributed by atoms with E-state index in [1.165, 1.54) is 0 Å². The molecule has 2 atom stereocenters. The molecule has 1 aliphatic rings. The second kappa shape index (κ2) is 6.77. The average molecular weight is 312 g/mol. The standard InChI is InChI=1S/C15H24N2O3S/c1-4-17-9-12(2)15(10-17)16-21(18,19)11-13-6-5-7-14(8-13)20-3/h5-8,12,15-16H,4,9-11H2,1-3H3/t12-,15+/m0/s1. The summed E-state index contributed by atoms with van der Waals surface area (Å²) in [6.07, 6.45) is 0. The predicted octanol–water partition coefficient (Wildman–Crippen LogP) is 1.45. The summed E-state index contributed by atoms with van der Waals surface area (Å²) in [6, 6.07) is 7.18. The summed E-state index contributed by atoms with van der Waals surface area (Å²) in [5.74, 6) is 0.999. The molecule has 0 bridgehead atoms. The third-order valence-corrected chi connectivity index (χ3v) is 5.33. The van der Waals surface area contributed by atoms with Crippen LogP contribution in [0.15, 0.2) is 24.3 Å². The molecule has 0 radical (unpaired) electrons. The molecule has 2 rings (SSSR count). The highest BCUT2D eigenvalue weighted by Gasteiger charge is 2.31. The number of methoxy groups -OCH3 is 1. The Morgan fingerprint density at radius 1 is 1.38 bits per heavy atom. The van der Waals surface area contributed by atoms with Crippen molar-refractivity contribution in [3.05, 3.63) is 29.8 Å². The average Bonchev–Trinajstić information content (AvgIpc) is 2.78. The van der Waals surface area contributed by atoms with Crippen LogP contribution in [0.5, 0.6) is 5.75 Å². The van der Waals surface area contributed by atoms with Gasteiger partial charge in [-0.3, -0.25) is 0 Å². The molecule has 0 amide bonds. The Balaban J connectivity index is 2.02. The first-order valence-electron chi connectivity index (χ1n) is 7.29. The number of likely N-dealkylation sites (tertiary alicyclic amines) is 1. The molecular formula is C15H24N2O3S. The summed E-state index contributed by atoms with van der Waals surface area (Å²) in [6.45, 7) is 6.88. The molecule has 21 heavy (non-hydrogen) atoms. The van der Waals surface area contributed by atoms with Gasteiger partial charge < -0.3 is 9.64 Å². The van der Waals surface area contributed by atoms with Crippen LogP contribution in [-0.2, 0) is 15.8 Å². The molecular weight excluding hydrogens is 288 g/mol. The number of benzene rings is 1. The first kappa shape index (κ1) is 16.3. The Kier molecular flexibility index (Phi) is 5.24. The lowest BCUT2D eigenvalue weighted by Gasteiger charge is -2.17. The molecule has 1 N–H and O–H groups in total. The van der Waals surface area contributed by atoms with Crippen molar-refractivity contribution in [2.45, 2.75) is 25.6 Å². The van der Waals surface area contributed by atoms with Crippen molar-refractivity contribution in [2.75, 3.05) is 26.7 Å². The maximum absolute atomic E-state index is 12.3. The number of ether oxygens (including phenoxy) is 1. The van der Waals surface area contributed by atoms with Gasteiger partial charge in [-0.25, -0.2) is 13.1 Å². The smallest absolute Gasteiger partial charge is 0.216 e. The van der Waals surface area contributed by atoms with Crippen LogP contribution in [0.1, 0.15) is 19.4 Å². The van der Waals surface area contributed by atoms with Gasteiger partial charge in [0, 0.05) is 19.1 Å². The molecule has 1 aromatic carbocycles. The minimum atomic E-state index is -3.34. The van der Waals surface area contributed by atoms with Gasteiger partial charge in [0.2, 0.25) is 10.0 Å². The van der Waals surface area contributed by atoms with Crippen molar-refractivity contribution in [2.24, 2.45) is 5.92 Å². The maximum atomic E-state index is 12.3. The van der Waals surface area contributed by atoms with Crippen molar-refractivity contribution in [3.63, 3.8) is 0 Å². The van der Waals surface area contributed by atoms with E-state index in [2.05, 4.69) is 23.5 Å². The third-order valence-electron chi connectivity index (χ3n) is 3.96. The first-order chi connectivity index (χ1) is 9.93. The predicted molar refractivity (Wildman–Crippen MR) is 83.8 cm³/mol. The fourth-order valence-electron chi connectivity index (χ4n) is 2.73. The van der Waals surface area contributed by atoms with E-state index in [1.807, 2.05) is 6.07 Å². The summed E-state index contributed by atoms with van der Waals surface area (Å²) in [4.78, 5) is 2.27. The molecule has 0 aliphatic carbocycles. The Hall–Kier alpha value is -1.11. The summed E-state index contributed by atoms with van der Waals surface area (Å²) in [5.41, 5.74) is 0.736. The fraction of sp³-hybridized carbons (Fsp3) is 0.600. The van der Waals surface area contributed by atoms with Gasteiger partial charge in [0.15, 0.2) is 0 Å². The van der Waals surface area contributed by atoms with Gasteiger partial charge in [0.25, 0.3) is 0 Å². The summed E-state index contributed by atoms with van der Waals surface area (Å²) >= 11 is 0. The molecule has 1 saturated heterocycles. The molecule has 1 heterocycles. The van der Waals surface area contributed by atoms with Crippen molar-refractivity contribution < 1.29 is 13.2 Å². The molecule has 0 saturated carbocycles. The number of nitrogens with zero attached hydrogens (tertiary/aromatic N) is 1. The molecule has 0 aromatic heterocycles. The normalized spacial score (nSPS) is 23.4. The minimum absolute atomic E-state index is 0.000516. The lowest BCUT2D eigenvalue weighted by Crippen LogP contribution is -2.40. The quantitative estimate of drug-likeness (QED) is 0.864. The molecule has 1 aliphatic heterocycles. The van der Waals surface area contributed by atoms with E-state index in [-0.39, 0.29) is 11.8 Å². The molecule has 0 spiro atoms. The largest absolute Gasteiger partial charge is 0.497 e. The van der Waals surface area contributed by atoms with Gasteiger partial charge in [-0.2, -0.15) is 0 Å². The second-order valence-corrected chi connectivity index (χ2v) is 7.42. The number of likely N-dealkylation sites (N-methyl/N-ethyl adjacent to an activating group) is 1. The molecule has 6 heteroatoms. The number of rotatable bonds is 6. The summed E-state index contributed by atoms with van der Waals surface area (Å²) in [7, 11) is -1.77. The lowest BCUT2D eigenvalue weighted by atomic mass is 10.1. The van der Waals surface area contributed by atoms with Crippen molar-refractivity contribution >= 4 is 10.0 Å². The van der Waals surface area contributed by atoms with E-state index in [0.717, 1.165) is 25.2 Å². The van der Waals surface area contributed by atoms with Crippen LogP contribution in [0, 0.1) is 5.92 Å². The zero-order chi connectivity index (χ0) is 15.5. The highest BCUT2D eigenvalue weighted by molar-refractivity contribution is 7.88. The molecule has 118 valence electrons. The van der Waals surface area contributed by atoms with Crippen molar-refractivity contribution in [3.8, 4) is 5.75 Å². The molecule has 1 fully saturated rings.